The Labute approximate surface area is 226 Å². The van der Waals surface area contributed by atoms with E-state index in [4.69, 9.17) is 14.2 Å². The van der Waals surface area contributed by atoms with Gasteiger partial charge in [-0.05, 0) is 26.7 Å². The molecule has 0 saturated carbocycles. The Morgan fingerprint density at radius 1 is 0.789 bits per heavy atom. The maximum atomic E-state index is 13.0. The number of aliphatic carboxylic acids is 1. The first-order valence-electron chi connectivity index (χ1n) is 13.4. The van der Waals surface area contributed by atoms with Crippen LogP contribution in [0.2, 0.25) is 0 Å². The van der Waals surface area contributed by atoms with Gasteiger partial charge in [-0.15, -0.1) is 0 Å². The van der Waals surface area contributed by atoms with Crippen LogP contribution < -0.4 is 0 Å². The highest BCUT2D eigenvalue weighted by Crippen LogP contribution is 2.16. The summed E-state index contributed by atoms with van der Waals surface area (Å²) in [5.74, 6) is -4.70. The number of carbonyl (C=O) groups is 4. The molecule has 0 saturated heterocycles. The number of carboxylic acid groups (broad SMARTS) is 1. The average Bonchev–Trinajstić information content (AvgIpc) is 2.83. The molecule has 1 unspecified atom stereocenters. The maximum Gasteiger partial charge on any atom is 0.329 e. The van der Waals surface area contributed by atoms with Crippen molar-refractivity contribution in [3.63, 3.8) is 0 Å². The summed E-state index contributed by atoms with van der Waals surface area (Å²) in [7, 11) is -5.11. The summed E-state index contributed by atoms with van der Waals surface area (Å²) in [4.78, 5) is 50.0. The molecule has 0 rings (SSSR count). The average molecular weight is 568 g/mol. The van der Waals surface area contributed by atoms with Crippen LogP contribution >= 0.6 is 0 Å². The van der Waals surface area contributed by atoms with E-state index in [2.05, 4.69) is 6.92 Å². The third-order valence-electron chi connectivity index (χ3n) is 5.75. The lowest BCUT2D eigenvalue weighted by Crippen LogP contribution is -2.49. The third kappa shape index (κ3) is 15.9. The van der Waals surface area contributed by atoms with Gasteiger partial charge in [0.1, 0.15) is 6.04 Å². The molecule has 0 aliphatic heterocycles. The summed E-state index contributed by atoms with van der Waals surface area (Å²) < 4.78 is 47.7. The molecule has 0 bridgehead atoms. The van der Waals surface area contributed by atoms with E-state index in [0.717, 1.165) is 24.2 Å². The Hall–Kier alpha value is -2.25. The van der Waals surface area contributed by atoms with Crippen molar-refractivity contribution in [2.24, 2.45) is 0 Å². The van der Waals surface area contributed by atoms with Crippen LogP contribution in [0.4, 0.5) is 0 Å². The highest BCUT2D eigenvalue weighted by Gasteiger charge is 2.39. The topological polar surface area (TPSA) is 174 Å². The standard InChI is InChI=1S/C25H45NO11S/c1-4-7-8-9-10-11-12-13-16-35-17-14-15-26(22(27)19-21(24(29)30)38(32,33)34)20(25(31)37-6-3)18-23(28)36-5-2/h20-21H,4-19H2,1-3H3,(H,29,30)(H,32,33,34)/t20-,21?/m0/s1. The number of amides is 1. The van der Waals surface area contributed by atoms with Crippen LogP contribution in [0.1, 0.15) is 91.4 Å². The number of carboxylic acids is 1. The predicted octanol–water partition coefficient (Wildman–Crippen LogP) is 2.98. The van der Waals surface area contributed by atoms with Gasteiger partial charge in [0.05, 0.1) is 26.1 Å². The van der Waals surface area contributed by atoms with Crippen LogP contribution in [0.5, 0.6) is 0 Å². The summed E-state index contributed by atoms with van der Waals surface area (Å²) in [5, 5.41) is 6.75. The van der Waals surface area contributed by atoms with Gasteiger partial charge < -0.3 is 24.2 Å². The number of hydrogen-bond donors (Lipinski definition) is 2. The van der Waals surface area contributed by atoms with Crippen molar-refractivity contribution in [1.82, 2.24) is 4.90 Å². The first-order chi connectivity index (χ1) is 18.0. The minimum Gasteiger partial charge on any atom is -0.480 e. The van der Waals surface area contributed by atoms with Crippen molar-refractivity contribution < 1.29 is 51.5 Å². The SMILES string of the molecule is CCCCCCCCCCOCCCN(C(=O)CC(C(=O)O)S(=O)(=O)O)[C@@H](CC(=O)OCC)C(=O)OCC. The first-order valence-corrected chi connectivity index (χ1v) is 14.9. The molecule has 13 heteroatoms. The summed E-state index contributed by atoms with van der Waals surface area (Å²) in [6, 6.07) is -1.47. The molecule has 0 aromatic rings. The third-order valence-corrected chi connectivity index (χ3v) is 6.83. The van der Waals surface area contributed by atoms with E-state index >= 15 is 0 Å². The van der Waals surface area contributed by atoms with Crippen molar-refractivity contribution in [3.05, 3.63) is 0 Å². The van der Waals surface area contributed by atoms with Crippen LogP contribution in [-0.2, 0) is 43.5 Å². The zero-order valence-electron chi connectivity index (χ0n) is 22.9. The van der Waals surface area contributed by atoms with Gasteiger partial charge in [-0.2, -0.15) is 8.42 Å². The number of hydrogen-bond acceptors (Lipinski definition) is 9. The number of ether oxygens (including phenoxy) is 3. The molecule has 1 amide bonds. The summed E-state index contributed by atoms with van der Waals surface area (Å²) in [6.07, 6.45) is 7.70. The first kappa shape index (κ1) is 35.8. The molecule has 0 aliphatic carbocycles. The fourth-order valence-electron chi connectivity index (χ4n) is 3.76. The number of nitrogens with zero attached hydrogens (tertiary/aromatic N) is 1. The lowest BCUT2D eigenvalue weighted by atomic mass is 10.1. The lowest BCUT2D eigenvalue weighted by Gasteiger charge is -2.30. The molecule has 38 heavy (non-hydrogen) atoms. The number of rotatable bonds is 23. The molecule has 12 nitrogen and oxygen atoms in total. The lowest BCUT2D eigenvalue weighted by molar-refractivity contribution is -0.160. The van der Waals surface area contributed by atoms with Gasteiger partial charge >= 0.3 is 17.9 Å². The molecule has 0 radical (unpaired) electrons. The van der Waals surface area contributed by atoms with E-state index in [1.165, 1.54) is 39.0 Å². The second-order valence-corrected chi connectivity index (χ2v) is 10.4. The van der Waals surface area contributed by atoms with Crippen molar-refractivity contribution in [3.8, 4) is 0 Å². The summed E-state index contributed by atoms with van der Waals surface area (Å²) >= 11 is 0. The minimum absolute atomic E-state index is 0.0265. The number of unbranched alkanes of at least 4 members (excludes halogenated alkanes) is 7. The van der Waals surface area contributed by atoms with Crippen LogP contribution in [-0.4, -0.2) is 91.1 Å². The zero-order valence-corrected chi connectivity index (χ0v) is 23.7. The van der Waals surface area contributed by atoms with E-state index in [-0.39, 0.29) is 32.8 Å². The molecule has 0 fully saturated rings. The van der Waals surface area contributed by atoms with Gasteiger partial charge in [-0.25, -0.2) is 4.79 Å². The number of esters is 2. The molecule has 0 heterocycles. The fraction of sp³-hybridized carbons (Fsp3) is 0.840. The minimum atomic E-state index is -5.11. The van der Waals surface area contributed by atoms with E-state index in [1.807, 2.05) is 0 Å². The fourth-order valence-corrected chi connectivity index (χ4v) is 4.37. The molecule has 0 spiro atoms. The Kier molecular flexibility index (Phi) is 19.5. The predicted molar refractivity (Wildman–Crippen MR) is 139 cm³/mol. The van der Waals surface area contributed by atoms with Crippen molar-refractivity contribution in [2.75, 3.05) is 33.0 Å². The van der Waals surface area contributed by atoms with Crippen LogP contribution in [0, 0.1) is 0 Å². The van der Waals surface area contributed by atoms with E-state index in [9.17, 15) is 37.3 Å². The van der Waals surface area contributed by atoms with E-state index < -0.39 is 58.1 Å². The highest BCUT2D eigenvalue weighted by atomic mass is 32.2. The van der Waals surface area contributed by atoms with Gasteiger partial charge in [-0.3, -0.25) is 18.9 Å². The number of carbonyl (C=O) groups excluding carboxylic acids is 3. The molecule has 0 aliphatic rings. The maximum absolute atomic E-state index is 13.0. The molecule has 0 aromatic carbocycles. The van der Waals surface area contributed by atoms with Crippen molar-refractivity contribution in [2.45, 2.75) is 103 Å². The second kappa shape index (κ2) is 20.7. The smallest absolute Gasteiger partial charge is 0.329 e. The van der Waals surface area contributed by atoms with Gasteiger partial charge in [0.2, 0.25) is 5.91 Å². The zero-order chi connectivity index (χ0) is 29.0. The Bertz CT molecular complexity index is 816. The van der Waals surface area contributed by atoms with Gasteiger partial charge in [0.15, 0.2) is 5.25 Å². The van der Waals surface area contributed by atoms with Crippen molar-refractivity contribution in [1.29, 1.82) is 0 Å². The van der Waals surface area contributed by atoms with Crippen LogP contribution in [0.3, 0.4) is 0 Å². The van der Waals surface area contributed by atoms with Crippen LogP contribution in [0.25, 0.3) is 0 Å². The highest BCUT2D eigenvalue weighted by molar-refractivity contribution is 7.87. The summed E-state index contributed by atoms with van der Waals surface area (Å²) in [6.45, 7) is 5.83. The summed E-state index contributed by atoms with van der Waals surface area (Å²) in [5.41, 5.74) is 0. The molecule has 2 N–H and O–H groups in total. The molecule has 0 aromatic heterocycles. The second-order valence-electron chi connectivity index (χ2n) is 8.85. The van der Waals surface area contributed by atoms with E-state index in [0.29, 0.717) is 6.61 Å². The quantitative estimate of drug-likeness (QED) is 0.105. The van der Waals surface area contributed by atoms with Crippen LogP contribution in [0.15, 0.2) is 0 Å². The monoisotopic (exact) mass is 567 g/mol. The Morgan fingerprint density at radius 2 is 1.34 bits per heavy atom. The largest absolute Gasteiger partial charge is 0.480 e. The van der Waals surface area contributed by atoms with E-state index in [1.54, 1.807) is 6.92 Å². The Balaban J connectivity index is 5.22. The molecular formula is C25H45NO11S. The van der Waals surface area contributed by atoms with Gasteiger partial charge in [0.25, 0.3) is 10.1 Å². The Morgan fingerprint density at radius 3 is 1.87 bits per heavy atom. The molecule has 2 atom stereocenters. The molecule has 222 valence electrons. The van der Waals surface area contributed by atoms with Gasteiger partial charge in [0, 0.05) is 19.8 Å². The normalized spacial score (nSPS) is 12.9. The van der Waals surface area contributed by atoms with Crippen molar-refractivity contribution >= 4 is 33.9 Å². The molecular weight excluding hydrogens is 522 g/mol. The van der Waals surface area contributed by atoms with Gasteiger partial charge in [-0.1, -0.05) is 51.9 Å².